The molecule has 0 radical (unpaired) electrons. The first kappa shape index (κ1) is 15.8. The summed E-state index contributed by atoms with van der Waals surface area (Å²) in [6, 6.07) is 5.28. The Morgan fingerprint density at radius 1 is 1.22 bits per heavy atom. The molecule has 0 spiro atoms. The maximum Gasteiger partial charge on any atom is 0.277 e. The summed E-state index contributed by atoms with van der Waals surface area (Å²) in [4.78, 5) is 16.0. The second-order valence-electron chi connectivity index (χ2n) is 4.56. The number of hydrogen-bond donors (Lipinski definition) is 2. The first-order valence-electron chi connectivity index (χ1n) is 6.36. The van der Waals surface area contributed by atoms with E-state index in [0.29, 0.717) is 16.6 Å². The van der Waals surface area contributed by atoms with Crippen LogP contribution in [0.3, 0.4) is 0 Å². The molecule has 1 aromatic carbocycles. The van der Waals surface area contributed by atoms with Crippen molar-refractivity contribution in [2.24, 2.45) is 0 Å². The number of H-pyrrole nitrogens is 1. The summed E-state index contributed by atoms with van der Waals surface area (Å²) in [6.07, 6.45) is 2.83. The summed E-state index contributed by atoms with van der Waals surface area (Å²) in [6.45, 7) is 0.435. The van der Waals surface area contributed by atoms with Crippen molar-refractivity contribution in [2.75, 3.05) is 5.32 Å². The zero-order valence-corrected chi connectivity index (χ0v) is 13.7. The third-order valence-corrected chi connectivity index (χ3v) is 3.94. The molecule has 7 nitrogen and oxygen atoms in total. The third-order valence-electron chi connectivity index (χ3n) is 2.91. The van der Waals surface area contributed by atoms with Gasteiger partial charge in [-0.25, -0.2) is 9.67 Å². The van der Waals surface area contributed by atoms with Gasteiger partial charge in [0.15, 0.2) is 0 Å². The monoisotopic (exact) mass is 370 g/mol. The number of benzene rings is 1. The molecular formula is C13H9Cl3N6O. The van der Waals surface area contributed by atoms with Gasteiger partial charge in [0.25, 0.3) is 5.91 Å². The average molecular weight is 372 g/mol. The minimum atomic E-state index is -0.472. The van der Waals surface area contributed by atoms with Crippen LogP contribution in [0.2, 0.25) is 15.1 Å². The predicted molar refractivity (Wildman–Crippen MR) is 87.1 cm³/mol. The Labute approximate surface area is 145 Å². The number of aromatic amines is 1. The molecule has 0 aliphatic rings. The number of carbonyl (C=O) groups is 1. The number of anilines is 1. The van der Waals surface area contributed by atoms with Crippen LogP contribution in [0.4, 0.5) is 5.95 Å². The summed E-state index contributed by atoms with van der Waals surface area (Å²) in [7, 11) is 0. The van der Waals surface area contributed by atoms with Gasteiger partial charge in [0.2, 0.25) is 5.95 Å². The van der Waals surface area contributed by atoms with Gasteiger partial charge < -0.3 is 0 Å². The smallest absolute Gasteiger partial charge is 0.277 e. The molecule has 0 aliphatic carbocycles. The van der Waals surface area contributed by atoms with Crippen molar-refractivity contribution in [2.45, 2.75) is 6.54 Å². The van der Waals surface area contributed by atoms with Gasteiger partial charge in [-0.3, -0.25) is 15.2 Å². The Kier molecular flexibility index (Phi) is 4.51. The molecule has 10 heteroatoms. The molecule has 0 aliphatic heterocycles. The van der Waals surface area contributed by atoms with Gasteiger partial charge >= 0.3 is 0 Å². The molecule has 118 valence electrons. The molecule has 0 fully saturated rings. The molecule has 2 aromatic heterocycles. The number of aromatic nitrogens is 5. The van der Waals surface area contributed by atoms with Gasteiger partial charge in [0.1, 0.15) is 12.0 Å². The highest BCUT2D eigenvalue weighted by Crippen LogP contribution is 2.23. The maximum atomic E-state index is 12.0. The molecule has 3 aromatic rings. The van der Waals surface area contributed by atoms with E-state index < -0.39 is 5.91 Å². The first-order valence-corrected chi connectivity index (χ1v) is 7.50. The topological polar surface area (TPSA) is 88.5 Å². The van der Waals surface area contributed by atoms with Crippen LogP contribution in [-0.2, 0) is 6.54 Å². The number of nitrogens with zero attached hydrogens (tertiary/aromatic N) is 4. The normalized spacial score (nSPS) is 10.7. The number of carbonyl (C=O) groups excluding carboxylic acids is 1. The quantitative estimate of drug-likeness (QED) is 0.737. The highest BCUT2D eigenvalue weighted by Gasteiger charge is 2.14. The van der Waals surface area contributed by atoms with Gasteiger partial charge in [-0.1, -0.05) is 40.9 Å². The van der Waals surface area contributed by atoms with Crippen LogP contribution in [0, 0.1) is 0 Å². The summed E-state index contributed by atoms with van der Waals surface area (Å²) < 4.78 is 1.56. The molecule has 0 atom stereocenters. The van der Waals surface area contributed by atoms with Gasteiger partial charge in [-0.05, 0) is 17.7 Å². The van der Waals surface area contributed by atoms with E-state index in [1.807, 2.05) is 6.07 Å². The van der Waals surface area contributed by atoms with Crippen LogP contribution < -0.4 is 5.32 Å². The predicted octanol–water partition coefficient (Wildman–Crippen LogP) is 3.26. The highest BCUT2D eigenvalue weighted by molar-refractivity contribution is 6.42. The fraction of sp³-hybridized carbons (Fsp3) is 0.0769. The Hall–Kier alpha value is -2.09. The zero-order chi connectivity index (χ0) is 16.4. The second-order valence-corrected chi connectivity index (χ2v) is 5.78. The van der Waals surface area contributed by atoms with Crippen LogP contribution in [0.25, 0.3) is 0 Å². The molecule has 23 heavy (non-hydrogen) atoms. The van der Waals surface area contributed by atoms with Crippen molar-refractivity contribution in [1.82, 2.24) is 25.0 Å². The maximum absolute atomic E-state index is 12.0. The van der Waals surface area contributed by atoms with Crippen molar-refractivity contribution in [3.05, 3.63) is 57.0 Å². The van der Waals surface area contributed by atoms with Crippen molar-refractivity contribution < 1.29 is 4.79 Å². The van der Waals surface area contributed by atoms with Gasteiger partial charge in [0.05, 0.1) is 27.8 Å². The fourth-order valence-electron chi connectivity index (χ4n) is 1.85. The lowest BCUT2D eigenvalue weighted by Crippen LogP contribution is -2.14. The summed E-state index contributed by atoms with van der Waals surface area (Å²) >= 11 is 17.7. The largest absolute Gasteiger partial charge is 0.288 e. The molecular weight excluding hydrogens is 363 g/mol. The molecule has 2 heterocycles. The lowest BCUT2D eigenvalue weighted by molar-refractivity contribution is 0.102. The Morgan fingerprint density at radius 3 is 2.74 bits per heavy atom. The molecule has 3 rings (SSSR count). The Morgan fingerprint density at radius 2 is 2.04 bits per heavy atom. The van der Waals surface area contributed by atoms with E-state index in [-0.39, 0.29) is 16.7 Å². The fourth-order valence-corrected chi connectivity index (χ4v) is 2.35. The number of amides is 1. The Bertz CT molecular complexity index is 859. The molecule has 1 amide bonds. The number of hydrogen-bond acceptors (Lipinski definition) is 4. The van der Waals surface area contributed by atoms with E-state index in [2.05, 4.69) is 25.6 Å². The molecule has 2 N–H and O–H groups in total. The van der Waals surface area contributed by atoms with E-state index in [9.17, 15) is 4.79 Å². The molecule has 0 saturated heterocycles. The Balaban J connectivity index is 1.69. The SMILES string of the molecule is O=C(Nc1ncn(Cc2ccc(Cl)c(Cl)c2)n1)c1[nH]ncc1Cl. The molecule has 0 unspecified atom stereocenters. The lowest BCUT2D eigenvalue weighted by Gasteiger charge is -2.03. The zero-order valence-electron chi connectivity index (χ0n) is 11.4. The molecule has 0 bridgehead atoms. The van der Waals surface area contributed by atoms with Crippen LogP contribution in [0.15, 0.2) is 30.7 Å². The third kappa shape index (κ3) is 3.64. The first-order chi connectivity index (χ1) is 11.0. The van der Waals surface area contributed by atoms with E-state index in [4.69, 9.17) is 34.8 Å². The average Bonchev–Trinajstić information content (AvgIpc) is 3.12. The van der Waals surface area contributed by atoms with Crippen LogP contribution in [0.1, 0.15) is 16.1 Å². The minimum Gasteiger partial charge on any atom is -0.288 e. The summed E-state index contributed by atoms with van der Waals surface area (Å²) in [5, 5.41) is 14.0. The number of rotatable bonds is 4. The second kappa shape index (κ2) is 6.57. The molecule has 0 saturated carbocycles. The van der Waals surface area contributed by atoms with Gasteiger partial charge in [-0.15, -0.1) is 5.10 Å². The lowest BCUT2D eigenvalue weighted by atomic mass is 10.2. The van der Waals surface area contributed by atoms with E-state index in [1.54, 1.807) is 16.8 Å². The minimum absolute atomic E-state index is 0.146. The summed E-state index contributed by atoms with van der Waals surface area (Å²) in [5.74, 6) is -0.319. The van der Waals surface area contributed by atoms with E-state index in [1.165, 1.54) is 12.5 Å². The van der Waals surface area contributed by atoms with E-state index >= 15 is 0 Å². The van der Waals surface area contributed by atoms with Crippen molar-refractivity contribution in [1.29, 1.82) is 0 Å². The van der Waals surface area contributed by atoms with Gasteiger partial charge in [-0.2, -0.15) is 5.10 Å². The van der Waals surface area contributed by atoms with E-state index in [0.717, 1.165) is 5.56 Å². The van der Waals surface area contributed by atoms with Crippen molar-refractivity contribution >= 4 is 46.7 Å². The number of nitrogens with one attached hydrogen (secondary N) is 2. The summed E-state index contributed by atoms with van der Waals surface area (Å²) in [5.41, 5.74) is 1.05. The van der Waals surface area contributed by atoms with Gasteiger partial charge in [0, 0.05) is 0 Å². The number of halogens is 3. The van der Waals surface area contributed by atoms with Crippen molar-refractivity contribution in [3.63, 3.8) is 0 Å². The van der Waals surface area contributed by atoms with Crippen molar-refractivity contribution in [3.8, 4) is 0 Å². The highest BCUT2D eigenvalue weighted by atomic mass is 35.5. The van der Waals surface area contributed by atoms with Crippen LogP contribution >= 0.6 is 34.8 Å². The van der Waals surface area contributed by atoms with Crippen LogP contribution in [-0.4, -0.2) is 30.9 Å². The standard InChI is InChI=1S/C13H9Cl3N6O/c14-8-2-1-7(3-9(8)15)5-22-6-17-13(21-22)19-12(23)11-10(16)4-18-20-11/h1-4,6H,5H2,(H,18,20)(H,19,21,23). The van der Waals surface area contributed by atoms with Crippen LogP contribution in [0.5, 0.6) is 0 Å².